The third-order valence-corrected chi connectivity index (χ3v) is 12.7. The van der Waals surface area contributed by atoms with Crippen molar-refractivity contribution in [2.75, 3.05) is 4.90 Å². The van der Waals surface area contributed by atoms with Crippen molar-refractivity contribution in [3.63, 3.8) is 0 Å². The Balaban J connectivity index is 1.23. The maximum absolute atomic E-state index is 6.36. The van der Waals surface area contributed by atoms with E-state index in [0.717, 1.165) is 39.0 Å². The van der Waals surface area contributed by atoms with E-state index in [2.05, 4.69) is 218 Å². The maximum atomic E-state index is 6.36. The van der Waals surface area contributed by atoms with Crippen LogP contribution in [0.4, 0.5) is 17.1 Å². The van der Waals surface area contributed by atoms with Crippen LogP contribution in [0.2, 0.25) is 0 Å². The summed E-state index contributed by atoms with van der Waals surface area (Å²) >= 11 is 0. The van der Waals surface area contributed by atoms with Crippen LogP contribution < -0.4 is 4.90 Å². The van der Waals surface area contributed by atoms with E-state index >= 15 is 0 Å². The van der Waals surface area contributed by atoms with Crippen molar-refractivity contribution < 1.29 is 4.42 Å². The summed E-state index contributed by atoms with van der Waals surface area (Å²) in [5, 5.41) is 4.70. The fraction of sp³-hybridized carbons (Fsp3) is 0.193. The highest BCUT2D eigenvalue weighted by molar-refractivity contribution is 6.07. The normalized spacial score (nSPS) is 13.6. The third-order valence-electron chi connectivity index (χ3n) is 12.7. The number of nitrogens with zero attached hydrogens (tertiary/aromatic N) is 1. The molecule has 0 saturated heterocycles. The Kier molecular flexibility index (Phi) is 8.34. The van der Waals surface area contributed by atoms with Gasteiger partial charge in [0, 0.05) is 33.1 Å². The largest absolute Gasteiger partial charge is 0.456 e. The first-order chi connectivity index (χ1) is 28.3. The third kappa shape index (κ3) is 6.08. The minimum atomic E-state index is -0.169. The van der Waals surface area contributed by atoms with Crippen molar-refractivity contribution in [2.45, 2.75) is 71.6 Å². The maximum Gasteiger partial charge on any atom is 0.135 e. The van der Waals surface area contributed by atoms with Gasteiger partial charge in [-0.15, -0.1) is 0 Å². The number of furan rings is 1. The van der Waals surface area contributed by atoms with E-state index in [-0.39, 0.29) is 16.2 Å². The molecule has 9 aromatic rings. The predicted octanol–water partition coefficient (Wildman–Crippen LogP) is 16.4. The summed E-state index contributed by atoms with van der Waals surface area (Å²) in [4.78, 5) is 2.45. The second-order valence-corrected chi connectivity index (χ2v) is 19.0. The first-order valence-electron chi connectivity index (χ1n) is 21.0. The standard InChI is InChI=1S/C57H51NO/c1-55(2,3)40-33-48(56(4,5)6)54-49(34-40)57(7,8)47-24-16-23-45(53(47)54)43-21-11-13-25-50(43)58(42-29-30-52-46(35-42)44-22-12-14-26-51(44)59-52)41-20-15-19-38(32-41)39-28-27-36-17-9-10-18-37(36)31-39/h9-35H,1-8H3. The number of hydrogen-bond donors (Lipinski definition) is 0. The molecule has 2 nitrogen and oxygen atoms in total. The molecule has 290 valence electrons. The monoisotopic (exact) mass is 765 g/mol. The summed E-state index contributed by atoms with van der Waals surface area (Å²) in [6.07, 6.45) is 0. The van der Waals surface area contributed by atoms with Crippen molar-refractivity contribution >= 4 is 49.8 Å². The quantitative estimate of drug-likeness (QED) is 0.173. The van der Waals surface area contributed by atoms with Crippen LogP contribution in [-0.2, 0) is 16.2 Å². The lowest BCUT2D eigenvalue weighted by Gasteiger charge is -2.31. The Labute approximate surface area is 348 Å². The van der Waals surface area contributed by atoms with E-state index in [1.54, 1.807) is 0 Å². The van der Waals surface area contributed by atoms with E-state index in [1.165, 1.54) is 66.4 Å². The Morgan fingerprint density at radius 1 is 0.458 bits per heavy atom. The number of fused-ring (bicyclic) bond motifs is 7. The lowest BCUT2D eigenvalue weighted by molar-refractivity contribution is 0.564. The van der Waals surface area contributed by atoms with Gasteiger partial charge in [0.1, 0.15) is 11.2 Å². The SMILES string of the molecule is CC(C)(C)c1cc(C(C)(C)C)c2c(c1)C(C)(C)c1cccc(-c3ccccc3N(c3cccc(-c4ccc5ccccc5c4)c3)c3ccc4oc5ccccc5c4c3)c1-2. The lowest BCUT2D eigenvalue weighted by atomic mass is 9.74. The van der Waals surface area contributed by atoms with Crippen LogP contribution >= 0.6 is 0 Å². The highest BCUT2D eigenvalue weighted by Crippen LogP contribution is 2.57. The molecule has 59 heavy (non-hydrogen) atoms. The van der Waals surface area contributed by atoms with Gasteiger partial charge < -0.3 is 9.32 Å². The van der Waals surface area contributed by atoms with Gasteiger partial charge in [-0.1, -0.05) is 171 Å². The van der Waals surface area contributed by atoms with Crippen molar-refractivity contribution in [3.8, 4) is 33.4 Å². The van der Waals surface area contributed by atoms with Crippen molar-refractivity contribution in [2.24, 2.45) is 0 Å². The second-order valence-electron chi connectivity index (χ2n) is 19.0. The van der Waals surface area contributed by atoms with Gasteiger partial charge in [0.25, 0.3) is 0 Å². The highest BCUT2D eigenvalue weighted by atomic mass is 16.3. The zero-order valence-electron chi connectivity index (χ0n) is 35.4. The van der Waals surface area contributed by atoms with Crippen LogP contribution in [0.3, 0.4) is 0 Å². The number of benzene rings is 8. The molecule has 1 heterocycles. The fourth-order valence-corrected chi connectivity index (χ4v) is 9.51. The zero-order valence-corrected chi connectivity index (χ0v) is 35.4. The number of rotatable bonds is 5. The van der Waals surface area contributed by atoms with Gasteiger partial charge in [-0.2, -0.15) is 0 Å². The average molecular weight is 766 g/mol. The van der Waals surface area contributed by atoms with Gasteiger partial charge in [-0.25, -0.2) is 0 Å². The summed E-state index contributed by atoms with van der Waals surface area (Å²) in [5.41, 5.74) is 18.0. The summed E-state index contributed by atoms with van der Waals surface area (Å²) < 4.78 is 6.36. The number of para-hydroxylation sites is 2. The smallest absolute Gasteiger partial charge is 0.135 e. The molecule has 10 rings (SSSR count). The van der Waals surface area contributed by atoms with Crippen LogP contribution in [0.5, 0.6) is 0 Å². The minimum absolute atomic E-state index is 0.0264. The predicted molar refractivity (Wildman–Crippen MR) is 252 cm³/mol. The molecule has 0 bridgehead atoms. The molecule has 1 aliphatic carbocycles. The first-order valence-corrected chi connectivity index (χ1v) is 21.0. The molecule has 0 atom stereocenters. The molecule has 0 amide bonds. The molecule has 0 radical (unpaired) electrons. The molecular weight excluding hydrogens is 715 g/mol. The molecule has 0 spiro atoms. The van der Waals surface area contributed by atoms with Crippen LogP contribution in [-0.4, -0.2) is 0 Å². The van der Waals surface area contributed by atoms with E-state index in [9.17, 15) is 0 Å². The Hall–Kier alpha value is -6.38. The molecule has 1 aliphatic rings. The Morgan fingerprint density at radius 3 is 1.95 bits per heavy atom. The molecule has 0 N–H and O–H groups in total. The van der Waals surface area contributed by atoms with Crippen molar-refractivity contribution in [1.82, 2.24) is 0 Å². The summed E-state index contributed by atoms with van der Waals surface area (Å²) in [7, 11) is 0. The molecule has 0 fully saturated rings. The van der Waals surface area contributed by atoms with Gasteiger partial charge in [0.15, 0.2) is 0 Å². The molecule has 8 aromatic carbocycles. The van der Waals surface area contributed by atoms with Crippen LogP contribution in [0.15, 0.2) is 168 Å². The zero-order chi connectivity index (χ0) is 40.8. The molecule has 0 saturated carbocycles. The summed E-state index contributed by atoms with van der Waals surface area (Å²) in [6.45, 7) is 19.0. The van der Waals surface area contributed by atoms with Gasteiger partial charge in [-0.3, -0.25) is 0 Å². The Morgan fingerprint density at radius 2 is 1.14 bits per heavy atom. The minimum Gasteiger partial charge on any atom is -0.456 e. The highest BCUT2D eigenvalue weighted by Gasteiger charge is 2.41. The number of hydrogen-bond acceptors (Lipinski definition) is 2. The van der Waals surface area contributed by atoms with Gasteiger partial charge in [0.05, 0.1) is 5.69 Å². The fourth-order valence-electron chi connectivity index (χ4n) is 9.51. The average Bonchev–Trinajstić information content (AvgIpc) is 3.71. The van der Waals surface area contributed by atoms with Crippen LogP contribution in [0, 0.1) is 0 Å². The molecular formula is C57H51NO. The lowest BCUT2D eigenvalue weighted by Crippen LogP contribution is -2.21. The van der Waals surface area contributed by atoms with Crippen molar-refractivity contribution in [3.05, 3.63) is 186 Å². The molecule has 2 heteroatoms. The van der Waals surface area contributed by atoms with Crippen LogP contribution in [0.1, 0.15) is 77.6 Å². The van der Waals surface area contributed by atoms with E-state index in [1.807, 2.05) is 6.07 Å². The van der Waals surface area contributed by atoms with Gasteiger partial charge in [0.2, 0.25) is 0 Å². The summed E-state index contributed by atoms with van der Waals surface area (Å²) in [6, 6.07) is 60.4. The Bertz CT molecular complexity index is 3110. The van der Waals surface area contributed by atoms with Gasteiger partial charge in [-0.05, 0) is 120 Å². The molecule has 0 unspecified atom stereocenters. The molecule has 1 aromatic heterocycles. The number of anilines is 3. The van der Waals surface area contributed by atoms with Gasteiger partial charge >= 0.3 is 0 Å². The van der Waals surface area contributed by atoms with E-state index < -0.39 is 0 Å². The van der Waals surface area contributed by atoms with Crippen LogP contribution in [0.25, 0.3) is 66.1 Å². The van der Waals surface area contributed by atoms with E-state index in [4.69, 9.17) is 4.42 Å². The van der Waals surface area contributed by atoms with E-state index in [0.29, 0.717) is 0 Å². The van der Waals surface area contributed by atoms with Crippen molar-refractivity contribution in [1.29, 1.82) is 0 Å². The second kappa shape index (κ2) is 13.3. The topological polar surface area (TPSA) is 16.4 Å². The summed E-state index contributed by atoms with van der Waals surface area (Å²) in [5.74, 6) is 0. The molecule has 0 aliphatic heterocycles. The first kappa shape index (κ1) is 36.9.